The molecule has 0 bridgehead atoms. The third kappa shape index (κ3) is 1.90. The van der Waals surface area contributed by atoms with Gasteiger partial charge in [-0.2, -0.15) is 0 Å². The molecule has 2 heterocycles. The van der Waals surface area contributed by atoms with Crippen LogP contribution in [0.1, 0.15) is 44.3 Å². The summed E-state index contributed by atoms with van der Waals surface area (Å²) in [6.07, 6.45) is 6.29. The van der Waals surface area contributed by atoms with Gasteiger partial charge in [0.25, 0.3) is 0 Å². The predicted molar refractivity (Wildman–Crippen MR) is 72.4 cm³/mol. The Bertz CT molecular complexity index is 546. The molecular formula is C14H20N4. The number of hydrogen-bond acceptors (Lipinski definition) is 3. The van der Waals surface area contributed by atoms with E-state index in [4.69, 9.17) is 10.7 Å². The molecule has 96 valence electrons. The third-order valence-corrected chi connectivity index (χ3v) is 3.82. The van der Waals surface area contributed by atoms with Crippen molar-refractivity contribution in [1.82, 2.24) is 14.5 Å². The van der Waals surface area contributed by atoms with Crippen molar-refractivity contribution in [1.29, 1.82) is 0 Å². The number of aryl methyl sites for hydroxylation is 1. The van der Waals surface area contributed by atoms with E-state index in [-0.39, 0.29) is 0 Å². The van der Waals surface area contributed by atoms with Crippen molar-refractivity contribution in [2.24, 2.45) is 5.73 Å². The zero-order chi connectivity index (χ0) is 12.5. The molecule has 4 nitrogen and oxygen atoms in total. The summed E-state index contributed by atoms with van der Waals surface area (Å²) < 4.78 is 2.29. The molecule has 1 fully saturated rings. The highest BCUT2D eigenvalue weighted by Gasteiger charge is 2.27. The molecule has 2 aromatic heterocycles. The fourth-order valence-electron chi connectivity index (χ4n) is 2.98. The molecule has 0 unspecified atom stereocenters. The van der Waals surface area contributed by atoms with E-state index < -0.39 is 0 Å². The van der Waals surface area contributed by atoms with Crippen molar-refractivity contribution < 1.29 is 0 Å². The summed E-state index contributed by atoms with van der Waals surface area (Å²) in [6, 6.07) is 4.35. The molecule has 0 saturated heterocycles. The van der Waals surface area contributed by atoms with E-state index in [1.807, 2.05) is 18.3 Å². The normalized spacial score (nSPS) is 23.9. The van der Waals surface area contributed by atoms with Crippen LogP contribution in [0.4, 0.5) is 0 Å². The largest absolute Gasteiger partial charge is 0.328 e. The van der Waals surface area contributed by atoms with Gasteiger partial charge in [0.1, 0.15) is 11.3 Å². The predicted octanol–water partition coefficient (Wildman–Crippen LogP) is 2.44. The van der Waals surface area contributed by atoms with E-state index in [2.05, 4.69) is 16.5 Å². The van der Waals surface area contributed by atoms with Crippen LogP contribution in [0.25, 0.3) is 11.2 Å². The van der Waals surface area contributed by atoms with Crippen LogP contribution in [-0.4, -0.2) is 20.6 Å². The van der Waals surface area contributed by atoms with Gasteiger partial charge in [0.15, 0.2) is 5.65 Å². The molecule has 0 amide bonds. The number of rotatable bonds is 3. The standard InChI is InChI=1S/C14H20N4/c1-2-8-18-13(10-5-6-11(15)9-10)17-12-4-3-7-16-14(12)18/h3-4,7,10-11H,2,5-6,8-9,15H2,1H3/t10-,11+/m1/s1. The van der Waals surface area contributed by atoms with Crippen molar-refractivity contribution in [2.75, 3.05) is 0 Å². The minimum absolute atomic E-state index is 0.345. The minimum atomic E-state index is 0.345. The van der Waals surface area contributed by atoms with Crippen LogP contribution in [0.15, 0.2) is 18.3 Å². The maximum Gasteiger partial charge on any atom is 0.159 e. The number of aromatic nitrogens is 3. The first-order chi connectivity index (χ1) is 8.79. The lowest BCUT2D eigenvalue weighted by Crippen LogP contribution is -2.15. The Balaban J connectivity index is 2.06. The van der Waals surface area contributed by atoms with E-state index in [1.165, 1.54) is 5.82 Å². The summed E-state index contributed by atoms with van der Waals surface area (Å²) in [6.45, 7) is 3.19. The van der Waals surface area contributed by atoms with Gasteiger partial charge < -0.3 is 10.3 Å². The number of imidazole rings is 1. The second-order valence-electron chi connectivity index (χ2n) is 5.24. The van der Waals surface area contributed by atoms with Gasteiger partial charge in [-0.05, 0) is 37.8 Å². The Morgan fingerprint density at radius 2 is 2.33 bits per heavy atom. The van der Waals surface area contributed by atoms with E-state index in [0.717, 1.165) is 43.4 Å². The summed E-state index contributed by atoms with van der Waals surface area (Å²) in [7, 11) is 0. The molecule has 4 heteroatoms. The lowest BCUT2D eigenvalue weighted by atomic mass is 10.1. The third-order valence-electron chi connectivity index (χ3n) is 3.82. The van der Waals surface area contributed by atoms with Crippen LogP contribution < -0.4 is 5.73 Å². The van der Waals surface area contributed by atoms with Crippen molar-refractivity contribution in [3.8, 4) is 0 Å². The van der Waals surface area contributed by atoms with Gasteiger partial charge in [-0.25, -0.2) is 9.97 Å². The molecule has 1 saturated carbocycles. The Kier molecular flexibility index (Phi) is 3.04. The van der Waals surface area contributed by atoms with E-state index in [1.54, 1.807) is 0 Å². The second kappa shape index (κ2) is 4.69. The molecule has 18 heavy (non-hydrogen) atoms. The Morgan fingerprint density at radius 3 is 3.06 bits per heavy atom. The fraction of sp³-hybridized carbons (Fsp3) is 0.571. The fourth-order valence-corrected chi connectivity index (χ4v) is 2.98. The molecule has 0 spiro atoms. The highest BCUT2D eigenvalue weighted by molar-refractivity contribution is 5.71. The monoisotopic (exact) mass is 244 g/mol. The topological polar surface area (TPSA) is 56.7 Å². The van der Waals surface area contributed by atoms with E-state index >= 15 is 0 Å². The lowest BCUT2D eigenvalue weighted by Gasteiger charge is -2.12. The van der Waals surface area contributed by atoms with Crippen LogP contribution in [0, 0.1) is 0 Å². The van der Waals surface area contributed by atoms with Gasteiger partial charge in [-0.3, -0.25) is 0 Å². The lowest BCUT2D eigenvalue weighted by molar-refractivity contribution is 0.575. The first-order valence-corrected chi connectivity index (χ1v) is 6.86. The molecule has 1 aliphatic carbocycles. The van der Waals surface area contributed by atoms with Crippen molar-refractivity contribution in [3.05, 3.63) is 24.2 Å². The van der Waals surface area contributed by atoms with Crippen molar-refractivity contribution >= 4 is 11.2 Å². The number of nitrogens with two attached hydrogens (primary N) is 1. The number of pyridine rings is 1. The summed E-state index contributed by atoms with van der Waals surface area (Å²) in [5, 5.41) is 0. The van der Waals surface area contributed by atoms with Crippen molar-refractivity contribution in [2.45, 2.75) is 51.1 Å². The Morgan fingerprint density at radius 1 is 1.44 bits per heavy atom. The quantitative estimate of drug-likeness (QED) is 0.902. The molecule has 1 aliphatic rings. The summed E-state index contributed by atoms with van der Waals surface area (Å²) in [5.41, 5.74) is 8.07. The smallest absolute Gasteiger partial charge is 0.159 e. The van der Waals surface area contributed by atoms with Crippen LogP contribution in [0.3, 0.4) is 0 Å². The number of hydrogen-bond donors (Lipinski definition) is 1. The van der Waals surface area contributed by atoms with Gasteiger partial charge >= 0.3 is 0 Å². The van der Waals surface area contributed by atoms with Gasteiger partial charge in [0.05, 0.1) is 0 Å². The maximum absolute atomic E-state index is 6.03. The highest BCUT2D eigenvalue weighted by Crippen LogP contribution is 2.34. The van der Waals surface area contributed by atoms with Gasteiger partial charge in [-0.1, -0.05) is 6.92 Å². The van der Waals surface area contributed by atoms with Crippen LogP contribution in [0.5, 0.6) is 0 Å². The summed E-state index contributed by atoms with van der Waals surface area (Å²) in [5.74, 6) is 1.71. The zero-order valence-corrected chi connectivity index (χ0v) is 10.8. The highest BCUT2D eigenvalue weighted by atomic mass is 15.1. The molecule has 0 aromatic carbocycles. The molecular weight excluding hydrogens is 224 g/mol. The molecule has 0 radical (unpaired) electrons. The zero-order valence-electron chi connectivity index (χ0n) is 10.8. The SMILES string of the molecule is CCCn1c([C@@H]2CC[C@H](N)C2)nc2cccnc21. The minimum Gasteiger partial charge on any atom is -0.328 e. The Labute approximate surface area is 107 Å². The Hall–Kier alpha value is -1.42. The second-order valence-corrected chi connectivity index (χ2v) is 5.24. The van der Waals surface area contributed by atoms with E-state index in [9.17, 15) is 0 Å². The molecule has 2 N–H and O–H groups in total. The van der Waals surface area contributed by atoms with Crippen LogP contribution >= 0.6 is 0 Å². The van der Waals surface area contributed by atoms with Gasteiger partial charge in [0, 0.05) is 24.7 Å². The average molecular weight is 244 g/mol. The molecule has 3 rings (SSSR count). The first kappa shape index (κ1) is 11.7. The van der Waals surface area contributed by atoms with E-state index in [0.29, 0.717) is 12.0 Å². The van der Waals surface area contributed by atoms with Gasteiger partial charge in [0.2, 0.25) is 0 Å². The number of nitrogens with zero attached hydrogens (tertiary/aromatic N) is 3. The molecule has 0 aliphatic heterocycles. The average Bonchev–Trinajstić information content (AvgIpc) is 2.95. The van der Waals surface area contributed by atoms with Crippen LogP contribution in [-0.2, 0) is 6.54 Å². The first-order valence-electron chi connectivity index (χ1n) is 6.86. The molecule has 2 atom stereocenters. The van der Waals surface area contributed by atoms with Gasteiger partial charge in [-0.15, -0.1) is 0 Å². The van der Waals surface area contributed by atoms with Crippen molar-refractivity contribution in [3.63, 3.8) is 0 Å². The molecule has 2 aromatic rings. The number of fused-ring (bicyclic) bond motifs is 1. The maximum atomic E-state index is 6.03. The summed E-state index contributed by atoms with van der Waals surface area (Å²) in [4.78, 5) is 9.27. The van der Waals surface area contributed by atoms with Crippen LogP contribution in [0.2, 0.25) is 0 Å². The summed E-state index contributed by atoms with van der Waals surface area (Å²) >= 11 is 0.